The van der Waals surface area contributed by atoms with Gasteiger partial charge in [-0.05, 0) is 58.9 Å². The van der Waals surface area contributed by atoms with Crippen molar-refractivity contribution in [3.05, 3.63) is 0 Å². The minimum atomic E-state index is -5.08. The van der Waals surface area contributed by atoms with Crippen LogP contribution >= 0.6 is 0 Å². The number of nitrogens with zero attached hydrogens (tertiary/aromatic N) is 3. The van der Waals surface area contributed by atoms with Crippen molar-refractivity contribution in [2.75, 3.05) is 47.3 Å². The summed E-state index contributed by atoms with van der Waals surface area (Å²) in [6.07, 6.45) is -5.49. The third-order valence-corrected chi connectivity index (χ3v) is 5.01. The predicted molar refractivity (Wildman–Crippen MR) is 101 cm³/mol. The number of amides is 1. The smallest absolute Gasteiger partial charge is 0.475 e. The van der Waals surface area contributed by atoms with E-state index in [2.05, 4.69) is 16.8 Å². The minimum Gasteiger partial charge on any atom is -0.475 e. The largest absolute Gasteiger partial charge is 0.490 e. The molecule has 188 valence electrons. The maximum atomic E-state index is 11.9. The van der Waals surface area contributed by atoms with Crippen molar-refractivity contribution in [2.24, 2.45) is 5.92 Å². The molecule has 0 aromatic carbocycles. The zero-order chi connectivity index (χ0) is 25.3. The number of rotatable bonds is 2. The van der Waals surface area contributed by atoms with Crippen LogP contribution in [0.25, 0.3) is 0 Å². The lowest BCUT2D eigenvalue weighted by Gasteiger charge is -2.41. The van der Waals surface area contributed by atoms with Gasteiger partial charge in [0, 0.05) is 26.1 Å². The number of carbonyl (C=O) groups excluding carboxylic acids is 1. The molecule has 2 fully saturated rings. The second-order valence-corrected chi connectivity index (χ2v) is 7.68. The van der Waals surface area contributed by atoms with Gasteiger partial charge < -0.3 is 24.9 Å². The molecule has 32 heavy (non-hydrogen) atoms. The highest BCUT2D eigenvalue weighted by Gasteiger charge is 2.39. The summed E-state index contributed by atoms with van der Waals surface area (Å²) in [4.78, 5) is 36.5. The van der Waals surface area contributed by atoms with Crippen molar-refractivity contribution >= 4 is 17.8 Å². The van der Waals surface area contributed by atoms with Gasteiger partial charge in [-0.1, -0.05) is 0 Å². The van der Waals surface area contributed by atoms with E-state index in [0.29, 0.717) is 5.91 Å². The van der Waals surface area contributed by atoms with Crippen LogP contribution in [0.3, 0.4) is 0 Å². The van der Waals surface area contributed by atoms with E-state index in [9.17, 15) is 31.1 Å². The van der Waals surface area contributed by atoms with Crippen LogP contribution in [0.4, 0.5) is 26.3 Å². The molecule has 0 aromatic rings. The Morgan fingerprint density at radius 3 is 1.41 bits per heavy atom. The van der Waals surface area contributed by atoms with Crippen LogP contribution in [0.15, 0.2) is 0 Å². The molecule has 0 atom stereocenters. The summed E-state index contributed by atoms with van der Waals surface area (Å²) in [6.45, 7) is 4.67. The van der Waals surface area contributed by atoms with E-state index in [1.807, 2.05) is 14.1 Å². The van der Waals surface area contributed by atoms with Crippen LogP contribution in [0, 0.1) is 5.92 Å². The fraction of sp³-hybridized carbons (Fsp3) is 0.833. The minimum absolute atomic E-state index is 0.266. The van der Waals surface area contributed by atoms with Gasteiger partial charge in [0.05, 0.1) is 0 Å². The van der Waals surface area contributed by atoms with Crippen molar-refractivity contribution in [1.82, 2.24) is 14.7 Å². The van der Waals surface area contributed by atoms with Crippen LogP contribution in [0.5, 0.6) is 0 Å². The van der Waals surface area contributed by atoms with E-state index in [-0.39, 0.29) is 5.92 Å². The number of hydrogen-bond donors (Lipinski definition) is 2. The summed E-state index contributed by atoms with van der Waals surface area (Å²) in [5.74, 6) is -4.93. The van der Waals surface area contributed by atoms with Crippen molar-refractivity contribution < 1.29 is 50.9 Å². The summed E-state index contributed by atoms with van der Waals surface area (Å²) in [7, 11) is 5.94. The van der Waals surface area contributed by atoms with E-state index in [1.165, 1.54) is 25.9 Å². The van der Waals surface area contributed by atoms with Crippen LogP contribution < -0.4 is 0 Å². The predicted octanol–water partition coefficient (Wildman–Crippen LogP) is 2.15. The molecule has 0 aromatic heterocycles. The summed E-state index contributed by atoms with van der Waals surface area (Å²) in [5.41, 5.74) is 0. The number of halogens is 6. The molecule has 2 aliphatic rings. The maximum Gasteiger partial charge on any atom is 0.490 e. The molecule has 0 bridgehead atoms. The number of likely N-dealkylation sites (tertiary alicyclic amines) is 2. The first-order valence-corrected chi connectivity index (χ1v) is 9.70. The molecular formula is C18H29F6N3O5. The third kappa shape index (κ3) is 11.5. The number of hydrogen-bond acceptors (Lipinski definition) is 5. The highest BCUT2D eigenvalue weighted by Crippen LogP contribution is 2.24. The molecule has 1 amide bonds. The van der Waals surface area contributed by atoms with Gasteiger partial charge in [0.25, 0.3) is 0 Å². The van der Waals surface area contributed by atoms with Crippen molar-refractivity contribution in [1.29, 1.82) is 0 Å². The Hall–Kier alpha value is -2.09. The number of carboxylic acid groups (broad SMARTS) is 2. The van der Waals surface area contributed by atoms with Crippen LogP contribution in [0.2, 0.25) is 0 Å². The van der Waals surface area contributed by atoms with Gasteiger partial charge in [0.2, 0.25) is 5.91 Å². The lowest BCUT2D eigenvalue weighted by atomic mass is 9.92. The summed E-state index contributed by atoms with van der Waals surface area (Å²) in [5, 5.41) is 14.2. The van der Waals surface area contributed by atoms with Crippen LogP contribution in [-0.2, 0) is 14.4 Å². The molecule has 2 rings (SSSR count). The highest BCUT2D eigenvalue weighted by atomic mass is 19.4. The standard InChI is InChI=1S/C14H27N3O.2C2HF3O2/c1-15(2)14(18)12-4-10-17(11-5-12)13-6-8-16(3)9-7-13;2*3-2(4,5)1(6)7/h12-13H,4-11H2,1-3H3;2*(H,6,7). The molecular weight excluding hydrogens is 452 g/mol. The first-order chi connectivity index (χ1) is 14.5. The van der Waals surface area contributed by atoms with Gasteiger partial charge in [-0.2, -0.15) is 26.3 Å². The van der Waals surface area contributed by atoms with Gasteiger partial charge in [-0.15, -0.1) is 0 Å². The second-order valence-electron chi connectivity index (χ2n) is 7.68. The highest BCUT2D eigenvalue weighted by molar-refractivity contribution is 5.78. The maximum absolute atomic E-state index is 11.9. The molecule has 2 heterocycles. The molecule has 2 N–H and O–H groups in total. The number of carboxylic acids is 2. The van der Waals surface area contributed by atoms with E-state index in [1.54, 1.807) is 4.90 Å². The molecule has 8 nitrogen and oxygen atoms in total. The molecule has 0 aliphatic carbocycles. The number of piperidine rings is 2. The Labute approximate surface area is 181 Å². The molecule has 0 saturated carbocycles. The van der Waals surface area contributed by atoms with Crippen molar-refractivity contribution in [2.45, 2.75) is 44.1 Å². The normalized spacial score (nSPS) is 19.2. The first kappa shape index (κ1) is 29.9. The molecule has 0 radical (unpaired) electrons. The Morgan fingerprint density at radius 1 is 0.781 bits per heavy atom. The van der Waals surface area contributed by atoms with Gasteiger partial charge in [0.15, 0.2) is 0 Å². The fourth-order valence-corrected chi connectivity index (χ4v) is 3.24. The Kier molecular flexibility index (Phi) is 12.0. The zero-order valence-corrected chi connectivity index (χ0v) is 18.0. The molecule has 2 saturated heterocycles. The first-order valence-electron chi connectivity index (χ1n) is 9.70. The number of alkyl halides is 6. The van der Waals surface area contributed by atoms with E-state index >= 15 is 0 Å². The van der Waals surface area contributed by atoms with Gasteiger partial charge in [-0.25, -0.2) is 9.59 Å². The van der Waals surface area contributed by atoms with Crippen LogP contribution in [0.1, 0.15) is 25.7 Å². The second kappa shape index (κ2) is 12.8. The third-order valence-electron chi connectivity index (χ3n) is 5.01. The summed E-state index contributed by atoms with van der Waals surface area (Å²) < 4.78 is 63.5. The molecule has 2 aliphatic heterocycles. The average Bonchev–Trinajstić information content (AvgIpc) is 2.67. The lowest BCUT2D eigenvalue weighted by molar-refractivity contribution is -0.193. The SMILES string of the molecule is CN1CCC(N2CCC(C(=O)N(C)C)CC2)CC1.O=C(O)C(F)(F)F.O=C(O)C(F)(F)F. The van der Waals surface area contributed by atoms with Gasteiger partial charge in [-0.3, -0.25) is 4.79 Å². The Bertz CT molecular complexity index is 587. The quantitative estimate of drug-likeness (QED) is 0.583. The van der Waals surface area contributed by atoms with Gasteiger partial charge in [0.1, 0.15) is 0 Å². The van der Waals surface area contributed by atoms with Crippen molar-refractivity contribution in [3.8, 4) is 0 Å². The average molecular weight is 481 g/mol. The fourth-order valence-electron chi connectivity index (χ4n) is 3.24. The number of aliphatic carboxylic acids is 2. The topological polar surface area (TPSA) is 101 Å². The molecule has 14 heteroatoms. The van der Waals surface area contributed by atoms with Crippen LogP contribution in [-0.4, -0.2) is 108 Å². The Balaban J connectivity index is 0.000000570. The van der Waals surface area contributed by atoms with E-state index in [0.717, 1.165) is 32.0 Å². The Morgan fingerprint density at radius 2 is 1.12 bits per heavy atom. The van der Waals surface area contributed by atoms with E-state index in [4.69, 9.17) is 19.8 Å². The molecule has 0 spiro atoms. The zero-order valence-electron chi connectivity index (χ0n) is 18.0. The lowest BCUT2D eigenvalue weighted by Crippen LogP contribution is -2.48. The summed E-state index contributed by atoms with van der Waals surface area (Å²) in [6, 6.07) is 0.761. The summed E-state index contributed by atoms with van der Waals surface area (Å²) >= 11 is 0. The molecule has 0 unspecified atom stereocenters. The van der Waals surface area contributed by atoms with Gasteiger partial charge >= 0.3 is 24.3 Å². The van der Waals surface area contributed by atoms with E-state index < -0.39 is 24.3 Å². The van der Waals surface area contributed by atoms with Crippen molar-refractivity contribution in [3.63, 3.8) is 0 Å². The monoisotopic (exact) mass is 481 g/mol. The number of carbonyl (C=O) groups is 3.